The molecule has 0 unspecified atom stereocenters. The number of aliphatic carboxylic acids is 1. The number of carboxylic acids is 1. The van der Waals surface area contributed by atoms with E-state index in [1.807, 2.05) is 44.1 Å². The average molecular weight is 219 g/mol. The van der Waals surface area contributed by atoms with Crippen molar-refractivity contribution in [1.82, 2.24) is 0 Å². The number of nitrogens with zero attached hydrogens (tertiary/aromatic N) is 1. The summed E-state index contributed by atoms with van der Waals surface area (Å²) in [5, 5.41) is 8.67. The van der Waals surface area contributed by atoms with Gasteiger partial charge in [-0.15, -0.1) is 0 Å². The van der Waals surface area contributed by atoms with Crippen LogP contribution in [0.3, 0.4) is 0 Å². The SMILES string of the molecule is C/C(=C/C(=O)O)c1ccc(N(C)C)c(C)c1. The Balaban J connectivity index is 3.11. The lowest BCUT2D eigenvalue weighted by molar-refractivity contribution is -0.131. The van der Waals surface area contributed by atoms with E-state index in [1.165, 1.54) is 6.08 Å². The summed E-state index contributed by atoms with van der Waals surface area (Å²) >= 11 is 0. The average Bonchev–Trinajstić information content (AvgIpc) is 2.15. The molecule has 1 aromatic carbocycles. The number of carbonyl (C=O) groups is 1. The Morgan fingerprint density at radius 2 is 2.00 bits per heavy atom. The molecule has 1 N–H and O–H groups in total. The Morgan fingerprint density at radius 1 is 1.38 bits per heavy atom. The van der Waals surface area contributed by atoms with Gasteiger partial charge in [-0.2, -0.15) is 0 Å². The maximum atomic E-state index is 10.6. The second-order valence-electron chi connectivity index (χ2n) is 4.06. The highest BCUT2D eigenvalue weighted by atomic mass is 16.4. The molecule has 3 heteroatoms. The lowest BCUT2D eigenvalue weighted by Gasteiger charge is -2.16. The third kappa shape index (κ3) is 2.86. The van der Waals surface area contributed by atoms with Crippen molar-refractivity contribution in [1.29, 1.82) is 0 Å². The number of anilines is 1. The highest BCUT2D eigenvalue weighted by molar-refractivity contribution is 5.89. The van der Waals surface area contributed by atoms with Crippen molar-refractivity contribution in [2.75, 3.05) is 19.0 Å². The lowest BCUT2D eigenvalue weighted by Crippen LogP contribution is -2.10. The molecule has 0 fully saturated rings. The van der Waals surface area contributed by atoms with Crippen LogP contribution in [0, 0.1) is 6.92 Å². The first kappa shape index (κ1) is 12.3. The van der Waals surface area contributed by atoms with Crippen LogP contribution in [-0.4, -0.2) is 25.2 Å². The molecule has 0 saturated heterocycles. The Hall–Kier alpha value is -1.77. The van der Waals surface area contributed by atoms with Crippen molar-refractivity contribution in [3.8, 4) is 0 Å². The van der Waals surface area contributed by atoms with E-state index in [-0.39, 0.29) is 0 Å². The smallest absolute Gasteiger partial charge is 0.328 e. The number of allylic oxidation sites excluding steroid dienone is 1. The molecule has 86 valence electrons. The molecule has 0 saturated carbocycles. The molecule has 16 heavy (non-hydrogen) atoms. The summed E-state index contributed by atoms with van der Waals surface area (Å²) in [6.45, 7) is 3.82. The van der Waals surface area contributed by atoms with Crippen LogP contribution in [0.1, 0.15) is 18.1 Å². The number of rotatable bonds is 3. The van der Waals surface area contributed by atoms with Crippen LogP contribution >= 0.6 is 0 Å². The molecule has 0 bridgehead atoms. The Bertz CT molecular complexity index is 434. The molecule has 0 heterocycles. The molecule has 0 atom stereocenters. The molecule has 0 aromatic heterocycles. The zero-order valence-electron chi connectivity index (χ0n) is 10.1. The zero-order chi connectivity index (χ0) is 12.3. The van der Waals surface area contributed by atoms with Crippen LogP contribution in [0.15, 0.2) is 24.3 Å². The summed E-state index contributed by atoms with van der Waals surface area (Å²) in [7, 11) is 3.98. The lowest BCUT2D eigenvalue weighted by atomic mass is 10.0. The van der Waals surface area contributed by atoms with E-state index >= 15 is 0 Å². The summed E-state index contributed by atoms with van der Waals surface area (Å²) in [6, 6.07) is 5.95. The molecular weight excluding hydrogens is 202 g/mol. The van der Waals surface area contributed by atoms with Crippen LogP contribution in [0.25, 0.3) is 5.57 Å². The molecule has 0 aliphatic carbocycles. The quantitative estimate of drug-likeness (QED) is 0.794. The molecular formula is C13H17NO2. The summed E-state index contributed by atoms with van der Waals surface area (Å²) in [4.78, 5) is 12.6. The standard InChI is InChI=1S/C13H17NO2/c1-9(8-13(15)16)11-5-6-12(14(3)4)10(2)7-11/h5-8H,1-4H3,(H,15,16)/b9-8-. The fourth-order valence-electron chi connectivity index (χ4n) is 1.67. The number of hydrogen-bond donors (Lipinski definition) is 1. The highest BCUT2D eigenvalue weighted by Crippen LogP contribution is 2.23. The first-order chi connectivity index (χ1) is 7.41. The van der Waals surface area contributed by atoms with Gasteiger partial charge >= 0.3 is 5.97 Å². The maximum Gasteiger partial charge on any atom is 0.328 e. The van der Waals surface area contributed by atoms with Crippen LogP contribution < -0.4 is 4.90 Å². The Labute approximate surface area is 96.0 Å². The highest BCUT2D eigenvalue weighted by Gasteiger charge is 2.04. The molecule has 0 spiro atoms. The van der Waals surface area contributed by atoms with Gasteiger partial charge in [-0.05, 0) is 42.7 Å². The predicted molar refractivity (Wildman–Crippen MR) is 66.8 cm³/mol. The topological polar surface area (TPSA) is 40.5 Å². The van der Waals surface area contributed by atoms with Gasteiger partial charge in [-0.1, -0.05) is 6.07 Å². The van der Waals surface area contributed by atoms with E-state index in [4.69, 9.17) is 5.11 Å². The minimum atomic E-state index is -0.910. The van der Waals surface area contributed by atoms with Gasteiger partial charge in [0.2, 0.25) is 0 Å². The first-order valence-corrected chi connectivity index (χ1v) is 5.11. The second kappa shape index (κ2) is 4.84. The molecule has 1 rings (SSSR count). The minimum Gasteiger partial charge on any atom is -0.478 e. The molecule has 3 nitrogen and oxygen atoms in total. The Morgan fingerprint density at radius 3 is 2.44 bits per heavy atom. The van der Waals surface area contributed by atoms with Crippen molar-refractivity contribution < 1.29 is 9.90 Å². The number of aryl methyl sites for hydroxylation is 1. The number of hydrogen-bond acceptors (Lipinski definition) is 2. The van der Waals surface area contributed by atoms with Gasteiger partial charge in [0.1, 0.15) is 0 Å². The van der Waals surface area contributed by atoms with Gasteiger partial charge in [0.25, 0.3) is 0 Å². The van der Waals surface area contributed by atoms with Crippen LogP contribution in [0.2, 0.25) is 0 Å². The van der Waals surface area contributed by atoms with E-state index in [0.717, 1.165) is 22.4 Å². The van der Waals surface area contributed by atoms with E-state index in [0.29, 0.717) is 0 Å². The van der Waals surface area contributed by atoms with E-state index in [2.05, 4.69) is 0 Å². The zero-order valence-corrected chi connectivity index (χ0v) is 10.1. The fourth-order valence-corrected chi connectivity index (χ4v) is 1.67. The number of carboxylic acid groups (broad SMARTS) is 1. The van der Waals surface area contributed by atoms with E-state index in [1.54, 1.807) is 6.92 Å². The van der Waals surface area contributed by atoms with Gasteiger partial charge in [-0.3, -0.25) is 0 Å². The second-order valence-corrected chi connectivity index (χ2v) is 4.06. The van der Waals surface area contributed by atoms with Crippen LogP contribution in [-0.2, 0) is 4.79 Å². The van der Waals surface area contributed by atoms with E-state index in [9.17, 15) is 4.79 Å². The van der Waals surface area contributed by atoms with Crippen LogP contribution in [0.5, 0.6) is 0 Å². The van der Waals surface area contributed by atoms with Gasteiger partial charge in [0, 0.05) is 25.9 Å². The molecule has 0 aliphatic rings. The van der Waals surface area contributed by atoms with Gasteiger partial charge in [0.15, 0.2) is 0 Å². The van der Waals surface area contributed by atoms with Crippen molar-refractivity contribution in [2.45, 2.75) is 13.8 Å². The van der Waals surface area contributed by atoms with Crippen molar-refractivity contribution >= 4 is 17.2 Å². The van der Waals surface area contributed by atoms with Gasteiger partial charge in [0.05, 0.1) is 0 Å². The van der Waals surface area contributed by atoms with Crippen LogP contribution in [0.4, 0.5) is 5.69 Å². The maximum absolute atomic E-state index is 10.6. The predicted octanol–water partition coefficient (Wildman–Crippen LogP) is 2.55. The minimum absolute atomic E-state index is 0.765. The summed E-state index contributed by atoms with van der Waals surface area (Å²) in [6.07, 6.45) is 1.23. The van der Waals surface area contributed by atoms with Crippen molar-refractivity contribution in [3.05, 3.63) is 35.4 Å². The fraction of sp³-hybridized carbons (Fsp3) is 0.308. The van der Waals surface area contributed by atoms with Gasteiger partial charge < -0.3 is 10.0 Å². The molecule has 0 aliphatic heterocycles. The molecule has 0 amide bonds. The summed E-state index contributed by atoms with van der Waals surface area (Å²) in [5.41, 5.74) is 4.00. The summed E-state index contributed by atoms with van der Waals surface area (Å²) < 4.78 is 0. The monoisotopic (exact) mass is 219 g/mol. The first-order valence-electron chi connectivity index (χ1n) is 5.11. The third-order valence-corrected chi connectivity index (χ3v) is 2.47. The van der Waals surface area contributed by atoms with Gasteiger partial charge in [-0.25, -0.2) is 4.79 Å². The summed E-state index contributed by atoms with van der Waals surface area (Å²) in [5.74, 6) is -0.910. The normalized spacial score (nSPS) is 11.4. The van der Waals surface area contributed by atoms with Crippen molar-refractivity contribution in [2.24, 2.45) is 0 Å². The number of benzene rings is 1. The molecule has 1 aromatic rings. The van der Waals surface area contributed by atoms with E-state index < -0.39 is 5.97 Å². The largest absolute Gasteiger partial charge is 0.478 e. The molecule has 0 radical (unpaired) electrons. The Kier molecular flexibility index (Phi) is 3.72. The van der Waals surface area contributed by atoms with Crippen molar-refractivity contribution in [3.63, 3.8) is 0 Å². The third-order valence-electron chi connectivity index (χ3n) is 2.47.